The summed E-state index contributed by atoms with van der Waals surface area (Å²) in [6.45, 7) is 3.67. The van der Waals surface area contributed by atoms with Gasteiger partial charge in [0.2, 0.25) is 0 Å². The van der Waals surface area contributed by atoms with E-state index < -0.39 is 0 Å². The minimum Gasteiger partial charge on any atom is -0.493 e. The standard InChI is InChI=1S/C15H16O4/c1-3-4-12-7-10(9-16)8-13(18-2)14(12)19-15(17)11-5-6-11/h3,7-9,11H,1,4-6H2,2H3. The quantitative estimate of drug-likeness (QED) is 0.341. The highest BCUT2D eigenvalue weighted by Gasteiger charge is 2.32. The van der Waals surface area contributed by atoms with Crippen molar-refractivity contribution in [1.82, 2.24) is 0 Å². The van der Waals surface area contributed by atoms with Crippen LogP contribution in [-0.2, 0) is 11.2 Å². The van der Waals surface area contributed by atoms with E-state index in [0.29, 0.717) is 23.5 Å². The monoisotopic (exact) mass is 260 g/mol. The van der Waals surface area contributed by atoms with Crippen molar-refractivity contribution >= 4 is 12.3 Å². The second kappa shape index (κ2) is 5.69. The second-order valence-corrected chi connectivity index (χ2v) is 4.52. The van der Waals surface area contributed by atoms with Gasteiger partial charge in [0.1, 0.15) is 6.29 Å². The topological polar surface area (TPSA) is 52.6 Å². The summed E-state index contributed by atoms with van der Waals surface area (Å²) in [6, 6.07) is 3.25. The van der Waals surface area contributed by atoms with Gasteiger partial charge in [-0.3, -0.25) is 9.59 Å². The van der Waals surface area contributed by atoms with Crippen molar-refractivity contribution in [3.8, 4) is 11.5 Å². The Hall–Kier alpha value is -2.10. The molecule has 1 aromatic rings. The maximum Gasteiger partial charge on any atom is 0.314 e. The van der Waals surface area contributed by atoms with Crippen molar-refractivity contribution in [1.29, 1.82) is 0 Å². The molecule has 1 aliphatic carbocycles. The number of hydrogen-bond donors (Lipinski definition) is 0. The molecule has 0 amide bonds. The summed E-state index contributed by atoms with van der Waals surface area (Å²) >= 11 is 0. The number of carbonyl (C=O) groups excluding carboxylic acids is 2. The summed E-state index contributed by atoms with van der Waals surface area (Å²) in [5.74, 6) is 0.565. The third-order valence-corrected chi connectivity index (χ3v) is 2.99. The molecule has 1 fully saturated rings. The molecule has 0 spiro atoms. The Balaban J connectivity index is 2.38. The van der Waals surface area contributed by atoms with Gasteiger partial charge in [-0.1, -0.05) is 6.08 Å². The number of ether oxygens (including phenoxy) is 2. The van der Waals surface area contributed by atoms with Crippen molar-refractivity contribution in [2.75, 3.05) is 7.11 Å². The Morgan fingerprint density at radius 1 is 1.47 bits per heavy atom. The summed E-state index contributed by atoms with van der Waals surface area (Å²) in [6.07, 6.45) is 4.69. The third-order valence-electron chi connectivity index (χ3n) is 2.99. The molecule has 0 aliphatic heterocycles. The van der Waals surface area contributed by atoms with Crippen LogP contribution in [0.4, 0.5) is 0 Å². The van der Waals surface area contributed by atoms with Gasteiger partial charge in [-0.05, 0) is 31.4 Å². The van der Waals surface area contributed by atoms with E-state index in [0.717, 1.165) is 24.7 Å². The number of benzene rings is 1. The molecule has 1 saturated carbocycles. The van der Waals surface area contributed by atoms with Crippen LogP contribution in [0.2, 0.25) is 0 Å². The number of esters is 1. The lowest BCUT2D eigenvalue weighted by Gasteiger charge is -2.13. The number of rotatable bonds is 6. The van der Waals surface area contributed by atoms with E-state index in [2.05, 4.69) is 6.58 Å². The lowest BCUT2D eigenvalue weighted by Crippen LogP contribution is -2.12. The molecule has 0 saturated heterocycles. The molecule has 0 aromatic heterocycles. The highest BCUT2D eigenvalue weighted by molar-refractivity contribution is 5.81. The van der Waals surface area contributed by atoms with E-state index in [-0.39, 0.29) is 11.9 Å². The molecule has 4 heteroatoms. The highest BCUT2D eigenvalue weighted by Crippen LogP contribution is 2.37. The van der Waals surface area contributed by atoms with Gasteiger partial charge in [-0.15, -0.1) is 6.58 Å². The van der Waals surface area contributed by atoms with E-state index in [1.54, 1.807) is 18.2 Å². The van der Waals surface area contributed by atoms with Crippen LogP contribution < -0.4 is 9.47 Å². The fourth-order valence-electron chi connectivity index (χ4n) is 1.83. The number of aldehydes is 1. The maximum atomic E-state index is 11.8. The summed E-state index contributed by atoms with van der Waals surface area (Å²) in [7, 11) is 1.48. The Kier molecular flexibility index (Phi) is 4.00. The first-order chi connectivity index (χ1) is 9.19. The van der Waals surface area contributed by atoms with Crippen LogP contribution in [0, 0.1) is 5.92 Å². The van der Waals surface area contributed by atoms with Gasteiger partial charge in [0.05, 0.1) is 13.0 Å². The molecule has 0 unspecified atom stereocenters. The molecule has 0 N–H and O–H groups in total. The van der Waals surface area contributed by atoms with Gasteiger partial charge < -0.3 is 9.47 Å². The van der Waals surface area contributed by atoms with Gasteiger partial charge in [0, 0.05) is 11.1 Å². The lowest BCUT2D eigenvalue weighted by molar-refractivity contribution is -0.135. The maximum absolute atomic E-state index is 11.8. The number of carbonyl (C=O) groups is 2. The molecule has 2 rings (SSSR count). The molecular formula is C15H16O4. The molecule has 1 aromatic carbocycles. The summed E-state index contributed by atoms with van der Waals surface area (Å²) < 4.78 is 10.6. The Morgan fingerprint density at radius 2 is 2.21 bits per heavy atom. The first kappa shape index (κ1) is 13.3. The SMILES string of the molecule is C=CCc1cc(C=O)cc(OC)c1OC(=O)C1CC1. The first-order valence-corrected chi connectivity index (χ1v) is 6.18. The molecule has 0 bridgehead atoms. The van der Waals surface area contributed by atoms with E-state index >= 15 is 0 Å². The minimum absolute atomic E-state index is 0.00651. The summed E-state index contributed by atoms with van der Waals surface area (Å²) in [5, 5.41) is 0. The van der Waals surface area contributed by atoms with Gasteiger partial charge in [-0.2, -0.15) is 0 Å². The Bertz CT molecular complexity index is 515. The Labute approximate surface area is 112 Å². The highest BCUT2D eigenvalue weighted by atomic mass is 16.6. The van der Waals surface area contributed by atoms with Crippen LogP contribution in [0.3, 0.4) is 0 Å². The van der Waals surface area contributed by atoms with Crippen LogP contribution in [0.1, 0.15) is 28.8 Å². The van der Waals surface area contributed by atoms with Gasteiger partial charge >= 0.3 is 5.97 Å². The molecule has 19 heavy (non-hydrogen) atoms. The zero-order valence-corrected chi connectivity index (χ0v) is 10.8. The second-order valence-electron chi connectivity index (χ2n) is 4.52. The zero-order chi connectivity index (χ0) is 13.8. The molecule has 0 heterocycles. The van der Waals surface area contributed by atoms with Crippen LogP contribution in [-0.4, -0.2) is 19.4 Å². The normalized spacial score (nSPS) is 13.7. The fraction of sp³-hybridized carbons (Fsp3) is 0.333. The van der Waals surface area contributed by atoms with E-state index in [1.807, 2.05) is 0 Å². The van der Waals surface area contributed by atoms with Crippen molar-refractivity contribution in [3.05, 3.63) is 35.9 Å². The number of hydrogen-bond acceptors (Lipinski definition) is 4. The van der Waals surface area contributed by atoms with Crippen molar-refractivity contribution in [3.63, 3.8) is 0 Å². The summed E-state index contributed by atoms with van der Waals surface area (Å²) in [4.78, 5) is 22.7. The van der Waals surface area contributed by atoms with Gasteiger partial charge in [0.25, 0.3) is 0 Å². The number of allylic oxidation sites excluding steroid dienone is 1. The smallest absolute Gasteiger partial charge is 0.314 e. The first-order valence-electron chi connectivity index (χ1n) is 6.18. The van der Waals surface area contributed by atoms with Crippen LogP contribution >= 0.6 is 0 Å². The van der Waals surface area contributed by atoms with E-state index in [4.69, 9.17) is 9.47 Å². The predicted molar refractivity (Wildman–Crippen MR) is 70.6 cm³/mol. The zero-order valence-electron chi connectivity index (χ0n) is 10.8. The third kappa shape index (κ3) is 3.02. The van der Waals surface area contributed by atoms with E-state index in [9.17, 15) is 9.59 Å². The molecule has 1 aliphatic rings. The Morgan fingerprint density at radius 3 is 2.74 bits per heavy atom. The van der Waals surface area contributed by atoms with Gasteiger partial charge in [-0.25, -0.2) is 0 Å². The van der Waals surface area contributed by atoms with Crippen LogP contribution in [0.5, 0.6) is 11.5 Å². The van der Waals surface area contributed by atoms with E-state index in [1.165, 1.54) is 7.11 Å². The lowest BCUT2D eigenvalue weighted by atomic mass is 10.1. The van der Waals surface area contributed by atoms with Crippen molar-refractivity contribution < 1.29 is 19.1 Å². The number of methoxy groups -OCH3 is 1. The van der Waals surface area contributed by atoms with Gasteiger partial charge in [0.15, 0.2) is 11.5 Å². The van der Waals surface area contributed by atoms with Crippen LogP contribution in [0.25, 0.3) is 0 Å². The molecule has 0 radical (unpaired) electrons. The molecule has 0 atom stereocenters. The fourth-order valence-corrected chi connectivity index (χ4v) is 1.83. The van der Waals surface area contributed by atoms with Crippen LogP contribution in [0.15, 0.2) is 24.8 Å². The molecular weight excluding hydrogens is 244 g/mol. The minimum atomic E-state index is -0.234. The largest absolute Gasteiger partial charge is 0.493 e. The summed E-state index contributed by atoms with van der Waals surface area (Å²) in [5.41, 5.74) is 1.21. The predicted octanol–water partition coefficient (Wildman–Crippen LogP) is 2.55. The van der Waals surface area contributed by atoms with Crippen molar-refractivity contribution in [2.24, 2.45) is 5.92 Å². The average Bonchev–Trinajstić information content (AvgIpc) is 3.24. The average molecular weight is 260 g/mol. The molecule has 100 valence electrons. The van der Waals surface area contributed by atoms with Crippen molar-refractivity contribution in [2.45, 2.75) is 19.3 Å². The molecule has 4 nitrogen and oxygen atoms in total.